The van der Waals surface area contributed by atoms with E-state index >= 15 is 0 Å². The zero-order valence-electron chi connectivity index (χ0n) is 9.42. The maximum Gasteiger partial charge on any atom is 0.216 e. The number of phenols is 1. The van der Waals surface area contributed by atoms with Crippen LogP contribution in [0.2, 0.25) is 0 Å². The Morgan fingerprint density at radius 3 is 2.71 bits per heavy atom. The third kappa shape index (κ3) is 3.33. The minimum absolute atomic E-state index is 0.106. The molecule has 1 rings (SSSR count). The second kappa shape index (κ2) is 5.51. The van der Waals surface area contributed by atoms with Gasteiger partial charge in [0, 0.05) is 19.0 Å². The number of benzene rings is 1. The number of hydrogen-bond acceptors (Lipinski definition) is 5. The smallest absolute Gasteiger partial charge is 0.216 e. The maximum atomic E-state index is 10.7. The average Bonchev–Trinajstić information content (AvgIpc) is 2.28. The molecule has 0 aliphatic rings. The molecule has 0 saturated carbocycles. The van der Waals surface area contributed by atoms with Gasteiger partial charge in [-0.05, 0) is 6.07 Å². The summed E-state index contributed by atoms with van der Waals surface area (Å²) in [6, 6.07) is 4.48. The molecule has 0 aliphatic carbocycles. The van der Waals surface area contributed by atoms with E-state index in [0.29, 0.717) is 0 Å². The number of aromatic hydroxyl groups is 1. The van der Waals surface area contributed by atoms with Gasteiger partial charge in [0.15, 0.2) is 0 Å². The number of nitrogen functional groups attached to an aromatic ring is 1. The number of amides is 1. The van der Waals surface area contributed by atoms with Gasteiger partial charge in [-0.15, -0.1) is 0 Å². The Balaban J connectivity index is 2.77. The summed E-state index contributed by atoms with van der Waals surface area (Å²) >= 11 is 0. The van der Waals surface area contributed by atoms with Gasteiger partial charge in [-0.1, -0.05) is 12.1 Å². The number of nitrogens with one attached hydrogen (secondary N) is 1. The van der Waals surface area contributed by atoms with E-state index in [0.717, 1.165) is 0 Å². The van der Waals surface area contributed by atoms with Crippen LogP contribution in [-0.2, 0) is 4.79 Å². The first-order valence-electron chi connectivity index (χ1n) is 5.11. The van der Waals surface area contributed by atoms with E-state index in [2.05, 4.69) is 5.32 Å². The Bertz CT molecular complexity index is 408. The lowest BCUT2D eigenvalue weighted by molar-refractivity contribution is -0.119. The molecule has 0 bridgehead atoms. The molecule has 6 nitrogen and oxygen atoms in total. The Labute approximate surface area is 98.7 Å². The van der Waals surface area contributed by atoms with E-state index in [-0.39, 0.29) is 29.5 Å². The van der Waals surface area contributed by atoms with Crippen molar-refractivity contribution in [1.29, 1.82) is 0 Å². The van der Waals surface area contributed by atoms with Crippen molar-refractivity contribution in [3.63, 3.8) is 0 Å². The highest BCUT2D eigenvalue weighted by atomic mass is 16.3. The fourth-order valence-electron chi connectivity index (χ4n) is 1.39. The first-order valence-corrected chi connectivity index (χ1v) is 5.11. The molecule has 17 heavy (non-hydrogen) atoms. The van der Waals surface area contributed by atoms with Gasteiger partial charge in [0.25, 0.3) is 0 Å². The van der Waals surface area contributed by atoms with Crippen LogP contribution in [0.1, 0.15) is 18.6 Å². The van der Waals surface area contributed by atoms with Crippen molar-refractivity contribution in [1.82, 2.24) is 5.32 Å². The fourth-order valence-corrected chi connectivity index (χ4v) is 1.39. The van der Waals surface area contributed by atoms with Crippen LogP contribution in [0.4, 0.5) is 5.69 Å². The number of carbonyl (C=O) groups excluding carboxylic acids is 1. The van der Waals surface area contributed by atoms with Crippen molar-refractivity contribution < 1.29 is 20.1 Å². The third-order valence-electron chi connectivity index (χ3n) is 2.34. The van der Waals surface area contributed by atoms with Crippen molar-refractivity contribution in [2.45, 2.75) is 19.1 Å². The summed E-state index contributed by atoms with van der Waals surface area (Å²) in [5.74, 6) is -0.574. The number of anilines is 1. The highest BCUT2D eigenvalue weighted by Gasteiger charge is 2.22. The largest absolute Gasteiger partial charge is 0.505 e. The Hall–Kier alpha value is -1.79. The molecule has 6 heteroatoms. The average molecular weight is 240 g/mol. The van der Waals surface area contributed by atoms with Crippen molar-refractivity contribution in [3.05, 3.63) is 23.8 Å². The van der Waals surface area contributed by atoms with Crippen LogP contribution in [0.25, 0.3) is 0 Å². The molecule has 2 unspecified atom stereocenters. The lowest BCUT2D eigenvalue weighted by atomic mass is 10.0. The summed E-state index contributed by atoms with van der Waals surface area (Å²) in [4.78, 5) is 10.7. The van der Waals surface area contributed by atoms with Crippen LogP contribution in [-0.4, -0.2) is 33.9 Å². The molecule has 0 spiro atoms. The van der Waals surface area contributed by atoms with E-state index in [9.17, 15) is 20.1 Å². The summed E-state index contributed by atoms with van der Waals surface area (Å²) in [5, 5.41) is 31.4. The van der Waals surface area contributed by atoms with Gasteiger partial charge in [0.05, 0.1) is 5.69 Å². The summed E-state index contributed by atoms with van der Waals surface area (Å²) < 4.78 is 0. The van der Waals surface area contributed by atoms with Gasteiger partial charge in [-0.3, -0.25) is 4.79 Å². The highest BCUT2D eigenvalue weighted by Crippen LogP contribution is 2.31. The zero-order chi connectivity index (χ0) is 13.0. The van der Waals surface area contributed by atoms with Crippen LogP contribution in [0.15, 0.2) is 18.2 Å². The summed E-state index contributed by atoms with van der Waals surface area (Å²) in [6.07, 6.45) is -2.53. The molecule has 2 atom stereocenters. The molecule has 1 aromatic rings. The zero-order valence-corrected chi connectivity index (χ0v) is 9.42. The number of phenolic OH excluding ortho intramolecular Hbond substituents is 1. The maximum absolute atomic E-state index is 10.7. The molecule has 1 aromatic carbocycles. The highest BCUT2D eigenvalue weighted by molar-refractivity contribution is 5.72. The SMILES string of the molecule is CC(=O)NCC(O)C(O)c1cccc(N)c1O. The Morgan fingerprint density at radius 2 is 2.12 bits per heavy atom. The number of para-hydroxylation sites is 1. The number of aliphatic hydroxyl groups is 2. The molecule has 0 radical (unpaired) electrons. The quantitative estimate of drug-likeness (QED) is 0.359. The van der Waals surface area contributed by atoms with Gasteiger partial charge < -0.3 is 26.4 Å². The van der Waals surface area contributed by atoms with E-state index < -0.39 is 12.2 Å². The summed E-state index contributed by atoms with van der Waals surface area (Å²) in [5.41, 5.74) is 5.71. The van der Waals surface area contributed by atoms with E-state index in [1.165, 1.54) is 19.1 Å². The van der Waals surface area contributed by atoms with Crippen LogP contribution >= 0.6 is 0 Å². The first kappa shape index (κ1) is 13.3. The van der Waals surface area contributed by atoms with Gasteiger partial charge in [-0.2, -0.15) is 0 Å². The van der Waals surface area contributed by atoms with Gasteiger partial charge in [0.1, 0.15) is 18.0 Å². The van der Waals surface area contributed by atoms with Gasteiger partial charge in [0.2, 0.25) is 5.91 Å². The minimum Gasteiger partial charge on any atom is -0.505 e. The van der Waals surface area contributed by atoms with Crippen LogP contribution < -0.4 is 11.1 Å². The fraction of sp³-hybridized carbons (Fsp3) is 0.364. The summed E-state index contributed by atoms with van der Waals surface area (Å²) in [7, 11) is 0. The molecular weight excluding hydrogens is 224 g/mol. The molecule has 0 saturated heterocycles. The number of aliphatic hydroxyl groups excluding tert-OH is 2. The Morgan fingerprint density at radius 1 is 1.47 bits per heavy atom. The molecule has 6 N–H and O–H groups in total. The number of rotatable bonds is 4. The van der Waals surface area contributed by atoms with Gasteiger partial charge >= 0.3 is 0 Å². The van der Waals surface area contributed by atoms with E-state index in [4.69, 9.17) is 5.73 Å². The van der Waals surface area contributed by atoms with Crippen molar-refractivity contribution in [2.24, 2.45) is 0 Å². The normalized spacial score (nSPS) is 14.1. The second-order valence-electron chi connectivity index (χ2n) is 3.73. The molecule has 0 heterocycles. The van der Waals surface area contributed by atoms with Crippen LogP contribution in [0.5, 0.6) is 5.75 Å². The first-order chi connectivity index (χ1) is 7.93. The number of hydrogen-bond donors (Lipinski definition) is 5. The molecular formula is C11H16N2O4. The molecule has 0 fully saturated rings. The molecule has 1 amide bonds. The monoisotopic (exact) mass is 240 g/mol. The van der Waals surface area contributed by atoms with E-state index in [1.807, 2.05) is 0 Å². The standard InChI is InChI=1S/C11H16N2O4/c1-6(14)13-5-9(15)11(17)7-3-2-4-8(12)10(7)16/h2-4,9,11,15-17H,5,12H2,1H3,(H,13,14). The predicted molar refractivity (Wildman–Crippen MR) is 62.2 cm³/mol. The number of nitrogens with two attached hydrogens (primary N) is 1. The number of carbonyl (C=O) groups is 1. The van der Waals surface area contributed by atoms with Crippen molar-refractivity contribution in [2.75, 3.05) is 12.3 Å². The molecule has 94 valence electrons. The van der Waals surface area contributed by atoms with Crippen molar-refractivity contribution in [3.8, 4) is 5.75 Å². The minimum atomic E-state index is -1.31. The molecule has 0 aliphatic heterocycles. The second-order valence-corrected chi connectivity index (χ2v) is 3.73. The van der Waals surface area contributed by atoms with Crippen molar-refractivity contribution >= 4 is 11.6 Å². The van der Waals surface area contributed by atoms with Crippen LogP contribution in [0, 0.1) is 0 Å². The molecule has 0 aromatic heterocycles. The summed E-state index contributed by atoms with van der Waals surface area (Å²) in [6.45, 7) is 1.20. The lowest BCUT2D eigenvalue weighted by Crippen LogP contribution is -2.34. The lowest BCUT2D eigenvalue weighted by Gasteiger charge is -2.19. The van der Waals surface area contributed by atoms with Gasteiger partial charge in [-0.25, -0.2) is 0 Å². The van der Waals surface area contributed by atoms with E-state index in [1.54, 1.807) is 6.07 Å². The Kier molecular flexibility index (Phi) is 4.30. The topological polar surface area (TPSA) is 116 Å². The van der Waals surface area contributed by atoms with Crippen LogP contribution in [0.3, 0.4) is 0 Å². The predicted octanol–water partition coefficient (Wildman–Crippen LogP) is -0.495. The third-order valence-corrected chi connectivity index (χ3v) is 2.34.